The maximum atomic E-state index is 12.9. The molecule has 1 aliphatic heterocycles. The van der Waals surface area contributed by atoms with Gasteiger partial charge >= 0.3 is 0 Å². The molecular formula is C20H24Cl2FN3O. The van der Waals surface area contributed by atoms with Crippen molar-refractivity contribution in [2.24, 2.45) is 0 Å². The number of nitrogens with one attached hydrogen (secondary N) is 2. The normalized spacial score (nSPS) is 17.2. The quantitative estimate of drug-likeness (QED) is 0.766. The lowest BCUT2D eigenvalue weighted by Gasteiger charge is -2.36. The summed E-state index contributed by atoms with van der Waals surface area (Å²) in [5.74, 6) is -0.256. The summed E-state index contributed by atoms with van der Waals surface area (Å²) >= 11 is 6.34. The van der Waals surface area contributed by atoms with E-state index in [0.29, 0.717) is 19.5 Å². The van der Waals surface area contributed by atoms with Gasteiger partial charge in [-0.25, -0.2) is 4.39 Å². The highest BCUT2D eigenvalue weighted by Gasteiger charge is 2.26. The molecule has 1 atom stereocenters. The summed E-state index contributed by atoms with van der Waals surface area (Å²) in [6, 6.07) is 14.2. The van der Waals surface area contributed by atoms with Gasteiger partial charge in [-0.1, -0.05) is 41.9 Å². The number of carbonyl (C=O) groups is 1. The molecule has 2 aromatic rings. The summed E-state index contributed by atoms with van der Waals surface area (Å²) in [6.45, 7) is 3.28. The van der Waals surface area contributed by atoms with Crippen LogP contribution in [0.5, 0.6) is 0 Å². The SMILES string of the molecule is Cl.O=C(CN1CCNCC1c1ccccc1Cl)NCCc1ccc(F)cc1. The molecule has 4 nitrogen and oxygen atoms in total. The van der Waals surface area contributed by atoms with E-state index >= 15 is 0 Å². The minimum Gasteiger partial charge on any atom is -0.355 e. The number of halogens is 3. The van der Waals surface area contributed by atoms with E-state index in [2.05, 4.69) is 15.5 Å². The second-order valence-corrected chi connectivity index (χ2v) is 6.85. The summed E-state index contributed by atoms with van der Waals surface area (Å²) in [5.41, 5.74) is 2.04. The van der Waals surface area contributed by atoms with E-state index in [1.54, 1.807) is 12.1 Å². The van der Waals surface area contributed by atoms with Crippen LogP contribution in [0.1, 0.15) is 17.2 Å². The van der Waals surface area contributed by atoms with Crippen molar-refractivity contribution in [3.05, 3.63) is 70.5 Å². The average Bonchev–Trinajstić information content (AvgIpc) is 2.64. The van der Waals surface area contributed by atoms with Gasteiger partial charge in [0, 0.05) is 37.2 Å². The monoisotopic (exact) mass is 411 g/mol. The fraction of sp³-hybridized carbons (Fsp3) is 0.350. The zero-order valence-corrected chi connectivity index (χ0v) is 16.5. The van der Waals surface area contributed by atoms with Gasteiger partial charge in [-0.05, 0) is 35.7 Å². The fourth-order valence-corrected chi connectivity index (χ4v) is 3.49. The third-order valence-corrected chi connectivity index (χ3v) is 4.96. The van der Waals surface area contributed by atoms with Crippen molar-refractivity contribution < 1.29 is 9.18 Å². The lowest BCUT2D eigenvalue weighted by molar-refractivity contribution is -0.123. The molecule has 1 heterocycles. The summed E-state index contributed by atoms with van der Waals surface area (Å²) < 4.78 is 12.9. The number of piperazine rings is 1. The Labute approximate surface area is 170 Å². The predicted molar refractivity (Wildman–Crippen MR) is 109 cm³/mol. The van der Waals surface area contributed by atoms with E-state index in [-0.39, 0.29) is 30.2 Å². The van der Waals surface area contributed by atoms with Crippen LogP contribution in [0, 0.1) is 5.82 Å². The Morgan fingerprint density at radius 1 is 1.22 bits per heavy atom. The third kappa shape index (κ3) is 6.18. The molecular weight excluding hydrogens is 388 g/mol. The van der Waals surface area contributed by atoms with E-state index in [1.165, 1.54) is 12.1 Å². The number of nitrogens with zero attached hydrogens (tertiary/aromatic N) is 1. The van der Waals surface area contributed by atoms with Gasteiger partial charge < -0.3 is 10.6 Å². The largest absolute Gasteiger partial charge is 0.355 e. The van der Waals surface area contributed by atoms with E-state index in [0.717, 1.165) is 35.8 Å². The summed E-state index contributed by atoms with van der Waals surface area (Å²) in [7, 11) is 0. The van der Waals surface area contributed by atoms with Gasteiger partial charge in [0.25, 0.3) is 0 Å². The zero-order chi connectivity index (χ0) is 18.4. The first-order chi connectivity index (χ1) is 12.6. The van der Waals surface area contributed by atoms with Gasteiger partial charge in [0.15, 0.2) is 0 Å². The van der Waals surface area contributed by atoms with Gasteiger partial charge in [-0.3, -0.25) is 9.69 Å². The van der Waals surface area contributed by atoms with Crippen LogP contribution in [0.4, 0.5) is 4.39 Å². The number of hydrogen-bond acceptors (Lipinski definition) is 3. The Morgan fingerprint density at radius 3 is 2.70 bits per heavy atom. The van der Waals surface area contributed by atoms with E-state index in [4.69, 9.17) is 11.6 Å². The molecule has 0 aliphatic carbocycles. The van der Waals surface area contributed by atoms with Crippen LogP contribution in [-0.4, -0.2) is 43.5 Å². The zero-order valence-electron chi connectivity index (χ0n) is 15.0. The number of carbonyl (C=O) groups excluding carboxylic acids is 1. The van der Waals surface area contributed by atoms with E-state index < -0.39 is 0 Å². The summed E-state index contributed by atoms with van der Waals surface area (Å²) in [5, 5.41) is 7.05. The van der Waals surface area contributed by atoms with Crippen LogP contribution >= 0.6 is 24.0 Å². The standard InChI is InChI=1S/C20H23ClFN3O.ClH/c21-18-4-2-1-3-17(18)19-13-23-11-12-25(19)14-20(26)24-10-9-15-5-7-16(22)8-6-15;/h1-8,19,23H,9-14H2,(H,24,26);1H. The smallest absolute Gasteiger partial charge is 0.234 e. The minimum absolute atomic E-state index is 0. The Bertz CT molecular complexity index is 742. The van der Waals surface area contributed by atoms with Gasteiger partial charge in [-0.15, -0.1) is 12.4 Å². The highest BCUT2D eigenvalue weighted by atomic mass is 35.5. The first-order valence-electron chi connectivity index (χ1n) is 8.84. The second-order valence-electron chi connectivity index (χ2n) is 6.44. The highest BCUT2D eigenvalue weighted by Crippen LogP contribution is 2.28. The molecule has 1 amide bonds. The third-order valence-electron chi connectivity index (χ3n) is 4.61. The highest BCUT2D eigenvalue weighted by molar-refractivity contribution is 6.31. The van der Waals surface area contributed by atoms with E-state index in [1.807, 2.05) is 24.3 Å². The van der Waals surface area contributed by atoms with Crippen LogP contribution in [0.25, 0.3) is 0 Å². The van der Waals surface area contributed by atoms with Crippen molar-refractivity contribution in [1.29, 1.82) is 0 Å². The van der Waals surface area contributed by atoms with Gasteiger partial charge in [0.05, 0.1) is 6.54 Å². The van der Waals surface area contributed by atoms with E-state index in [9.17, 15) is 9.18 Å². The van der Waals surface area contributed by atoms with Crippen LogP contribution in [0.3, 0.4) is 0 Å². The fourth-order valence-electron chi connectivity index (χ4n) is 3.23. The lowest BCUT2D eigenvalue weighted by atomic mass is 10.0. The molecule has 3 rings (SSSR count). The van der Waals surface area contributed by atoms with Crippen LogP contribution in [-0.2, 0) is 11.2 Å². The molecule has 0 bridgehead atoms. The summed E-state index contributed by atoms with van der Waals surface area (Å²) in [6.07, 6.45) is 0.682. The van der Waals surface area contributed by atoms with Crippen molar-refractivity contribution in [2.45, 2.75) is 12.5 Å². The molecule has 0 saturated carbocycles. The Kier molecular flexibility index (Phi) is 8.51. The van der Waals surface area contributed by atoms with Gasteiger partial charge in [0.1, 0.15) is 5.82 Å². The summed E-state index contributed by atoms with van der Waals surface area (Å²) in [4.78, 5) is 14.5. The Hall–Kier alpha value is -1.66. The molecule has 7 heteroatoms. The van der Waals surface area contributed by atoms with Gasteiger partial charge in [0.2, 0.25) is 5.91 Å². The lowest BCUT2D eigenvalue weighted by Crippen LogP contribution is -2.49. The molecule has 0 aromatic heterocycles. The van der Waals surface area contributed by atoms with Gasteiger partial charge in [-0.2, -0.15) is 0 Å². The molecule has 0 spiro atoms. The molecule has 146 valence electrons. The molecule has 27 heavy (non-hydrogen) atoms. The average molecular weight is 412 g/mol. The number of benzene rings is 2. The van der Waals surface area contributed by atoms with Crippen molar-refractivity contribution in [1.82, 2.24) is 15.5 Å². The molecule has 2 N–H and O–H groups in total. The van der Waals surface area contributed by atoms with Crippen LogP contribution in [0.15, 0.2) is 48.5 Å². The molecule has 2 aromatic carbocycles. The first kappa shape index (κ1) is 21.6. The number of hydrogen-bond donors (Lipinski definition) is 2. The second kappa shape index (κ2) is 10.6. The molecule has 1 fully saturated rings. The maximum absolute atomic E-state index is 12.9. The Morgan fingerprint density at radius 2 is 1.96 bits per heavy atom. The van der Waals surface area contributed by atoms with Crippen molar-refractivity contribution in [2.75, 3.05) is 32.7 Å². The topological polar surface area (TPSA) is 44.4 Å². The molecule has 0 radical (unpaired) electrons. The molecule has 1 saturated heterocycles. The Balaban J connectivity index is 0.00000261. The van der Waals surface area contributed by atoms with Crippen molar-refractivity contribution in [3.8, 4) is 0 Å². The number of amides is 1. The predicted octanol–water partition coefficient (Wildman–Crippen LogP) is 3.21. The van der Waals surface area contributed by atoms with Crippen molar-refractivity contribution >= 4 is 29.9 Å². The molecule has 1 aliphatic rings. The first-order valence-corrected chi connectivity index (χ1v) is 9.21. The van der Waals surface area contributed by atoms with Crippen LogP contribution < -0.4 is 10.6 Å². The molecule has 1 unspecified atom stereocenters. The maximum Gasteiger partial charge on any atom is 0.234 e. The number of rotatable bonds is 6. The van der Waals surface area contributed by atoms with Crippen LogP contribution in [0.2, 0.25) is 5.02 Å². The minimum atomic E-state index is -0.248. The van der Waals surface area contributed by atoms with Crippen molar-refractivity contribution in [3.63, 3.8) is 0 Å².